The number of para-hydroxylation sites is 2. The van der Waals surface area contributed by atoms with E-state index in [1.807, 2.05) is 6.92 Å². The maximum Gasteiger partial charge on any atom is 0.265 e. The van der Waals surface area contributed by atoms with Crippen molar-refractivity contribution in [1.29, 1.82) is 0 Å². The number of nitrogens with one attached hydrogen (secondary N) is 1. The van der Waals surface area contributed by atoms with Crippen LogP contribution in [-0.4, -0.2) is 22.6 Å². The highest BCUT2D eigenvalue weighted by Gasteiger charge is 2.21. The Morgan fingerprint density at radius 2 is 1.62 bits per heavy atom. The summed E-state index contributed by atoms with van der Waals surface area (Å²) in [6.45, 7) is 1.82. The highest BCUT2D eigenvalue weighted by atomic mass is 32.2. The van der Waals surface area contributed by atoms with Crippen LogP contribution in [0.4, 0.5) is 5.69 Å². The lowest BCUT2D eigenvalue weighted by molar-refractivity contribution is 0.402. The Hall–Kier alpha value is -2.21. The Balaban J connectivity index is 2.46. The summed E-state index contributed by atoms with van der Waals surface area (Å²) in [5.41, 5.74) is 1.21. The maximum atomic E-state index is 12.6. The lowest BCUT2D eigenvalue weighted by atomic mass is 10.2. The highest BCUT2D eigenvalue weighted by Crippen LogP contribution is 2.30. The van der Waals surface area contributed by atoms with Gasteiger partial charge in [0.2, 0.25) is 0 Å². The van der Waals surface area contributed by atoms with Crippen LogP contribution in [0.1, 0.15) is 5.56 Å². The van der Waals surface area contributed by atoms with Crippen molar-refractivity contribution in [2.75, 3.05) is 18.9 Å². The van der Waals surface area contributed by atoms with Gasteiger partial charge in [-0.25, -0.2) is 8.42 Å². The van der Waals surface area contributed by atoms with Crippen LogP contribution in [0.3, 0.4) is 0 Å². The third kappa shape index (κ3) is 3.28. The molecule has 0 bridgehead atoms. The molecule has 0 unspecified atom stereocenters. The van der Waals surface area contributed by atoms with Gasteiger partial charge in [0.25, 0.3) is 10.0 Å². The summed E-state index contributed by atoms with van der Waals surface area (Å²) in [7, 11) is -0.842. The van der Waals surface area contributed by atoms with Crippen LogP contribution in [0, 0.1) is 6.92 Å². The van der Waals surface area contributed by atoms with Crippen molar-refractivity contribution < 1.29 is 17.9 Å². The van der Waals surface area contributed by atoms with Gasteiger partial charge in [0.1, 0.15) is 16.4 Å². The summed E-state index contributed by atoms with van der Waals surface area (Å²) in [5.74, 6) is 0.746. The van der Waals surface area contributed by atoms with Crippen molar-refractivity contribution in [3.8, 4) is 11.5 Å². The SMILES string of the molecule is COc1ccccc1NS(=O)(=O)c1cc(C)ccc1OC. The van der Waals surface area contributed by atoms with E-state index in [9.17, 15) is 8.42 Å². The van der Waals surface area contributed by atoms with Gasteiger partial charge < -0.3 is 9.47 Å². The topological polar surface area (TPSA) is 64.6 Å². The van der Waals surface area contributed by atoms with E-state index in [4.69, 9.17) is 9.47 Å². The zero-order valence-electron chi connectivity index (χ0n) is 12.1. The lowest BCUT2D eigenvalue weighted by Gasteiger charge is -2.14. The predicted octanol–water partition coefficient (Wildman–Crippen LogP) is 2.81. The zero-order chi connectivity index (χ0) is 15.5. The molecule has 21 heavy (non-hydrogen) atoms. The number of rotatable bonds is 5. The second-order valence-electron chi connectivity index (χ2n) is 4.46. The second-order valence-corrected chi connectivity index (χ2v) is 6.11. The quantitative estimate of drug-likeness (QED) is 0.922. The van der Waals surface area contributed by atoms with E-state index in [0.717, 1.165) is 5.56 Å². The van der Waals surface area contributed by atoms with Crippen LogP contribution in [0.5, 0.6) is 11.5 Å². The van der Waals surface area contributed by atoms with Crippen LogP contribution in [0.2, 0.25) is 0 Å². The largest absolute Gasteiger partial charge is 0.495 e. The first-order chi connectivity index (χ1) is 9.97. The molecule has 2 aromatic rings. The molecule has 2 aromatic carbocycles. The number of ether oxygens (including phenoxy) is 2. The average Bonchev–Trinajstić information content (AvgIpc) is 2.47. The molecule has 0 atom stereocenters. The van der Waals surface area contributed by atoms with Crippen LogP contribution in [0.25, 0.3) is 0 Å². The predicted molar refractivity (Wildman–Crippen MR) is 81.5 cm³/mol. The van der Waals surface area contributed by atoms with E-state index >= 15 is 0 Å². The summed E-state index contributed by atoms with van der Waals surface area (Å²) >= 11 is 0. The number of anilines is 1. The molecule has 0 amide bonds. The first kappa shape index (κ1) is 15.2. The minimum Gasteiger partial charge on any atom is -0.495 e. The second kappa shape index (κ2) is 6.05. The van der Waals surface area contributed by atoms with E-state index in [-0.39, 0.29) is 4.90 Å². The van der Waals surface area contributed by atoms with Crippen molar-refractivity contribution in [1.82, 2.24) is 0 Å². The van der Waals surface area contributed by atoms with Gasteiger partial charge in [-0.1, -0.05) is 18.2 Å². The Morgan fingerprint density at radius 1 is 0.952 bits per heavy atom. The van der Waals surface area contributed by atoms with Gasteiger partial charge in [-0.15, -0.1) is 0 Å². The van der Waals surface area contributed by atoms with Crippen LogP contribution < -0.4 is 14.2 Å². The number of sulfonamides is 1. The smallest absolute Gasteiger partial charge is 0.265 e. The molecular formula is C15H17NO4S. The first-order valence-electron chi connectivity index (χ1n) is 6.28. The number of methoxy groups -OCH3 is 2. The number of hydrogen-bond donors (Lipinski definition) is 1. The summed E-state index contributed by atoms with van der Waals surface area (Å²) in [4.78, 5) is 0.0934. The molecule has 0 saturated carbocycles. The van der Waals surface area contributed by atoms with E-state index < -0.39 is 10.0 Å². The number of aryl methyl sites for hydroxylation is 1. The van der Waals surface area contributed by atoms with Gasteiger partial charge in [-0.05, 0) is 36.8 Å². The lowest BCUT2D eigenvalue weighted by Crippen LogP contribution is -2.15. The van der Waals surface area contributed by atoms with E-state index in [1.54, 1.807) is 42.5 Å². The fourth-order valence-electron chi connectivity index (χ4n) is 1.92. The van der Waals surface area contributed by atoms with Crippen molar-refractivity contribution in [3.63, 3.8) is 0 Å². The van der Waals surface area contributed by atoms with Crippen molar-refractivity contribution in [2.24, 2.45) is 0 Å². The normalized spacial score (nSPS) is 11.0. The third-order valence-corrected chi connectivity index (χ3v) is 4.35. The molecule has 6 heteroatoms. The number of hydrogen-bond acceptors (Lipinski definition) is 4. The maximum absolute atomic E-state index is 12.6. The monoisotopic (exact) mass is 307 g/mol. The minimum absolute atomic E-state index is 0.0934. The van der Waals surface area contributed by atoms with Crippen molar-refractivity contribution in [2.45, 2.75) is 11.8 Å². The van der Waals surface area contributed by atoms with Crippen LogP contribution in [-0.2, 0) is 10.0 Å². The molecule has 0 fully saturated rings. The molecule has 0 aromatic heterocycles. The van der Waals surface area contributed by atoms with Crippen LogP contribution in [0.15, 0.2) is 47.4 Å². The Labute approximate surface area is 124 Å². The van der Waals surface area contributed by atoms with Gasteiger partial charge in [0.15, 0.2) is 0 Å². The molecule has 0 radical (unpaired) electrons. The van der Waals surface area contributed by atoms with Gasteiger partial charge in [0.05, 0.1) is 19.9 Å². The molecule has 1 N–H and O–H groups in total. The first-order valence-corrected chi connectivity index (χ1v) is 7.76. The van der Waals surface area contributed by atoms with Gasteiger partial charge in [0, 0.05) is 0 Å². The van der Waals surface area contributed by atoms with E-state index in [0.29, 0.717) is 17.2 Å². The molecule has 0 saturated heterocycles. The van der Waals surface area contributed by atoms with Crippen molar-refractivity contribution >= 4 is 15.7 Å². The molecule has 0 aliphatic rings. The van der Waals surface area contributed by atoms with Crippen molar-refractivity contribution in [3.05, 3.63) is 48.0 Å². The Kier molecular flexibility index (Phi) is 4.37. The van der Waals surface area contributed by atoms with Gasteiger partial charge >= 0.3 is 0 Å². The fourth-order valence-corrected chi connectivity index (χ4v) is 3.25. The zero-order valence-corrected chi connectivity index (χ0v) is 12.9. The third-order valence-electron chi connectivity index (χ3n) is 2.96. The average molecular weight is 307 g/mol. The molecule has 5 nitrogen and oxygen atoms in total. The Morgan fingerprint density at radius 3 is 2.29 bits per heavy atom. The molecule has 0 aliphatic carbocycles. The fraction of sp³-hybridized carbons (Fsp3) is 0.200. The number of benzene rings is 2. The molecule has 112 valence electrons. The van der Waals surface area contributed by atoms with Crippen LogP contribution >= 0.6 is 0 Å². The van der Waals surface area contributed by atoms with E-state index in [1.165, 1.54) is 14.2 Å². The molecular weight excluding hydrogens is 290 g/mol. The standard InChI is InChI=1S/C15H17NO4S/c1-11-8-9-14(20-3)15(10-11)21(17,18)16-12-6-4-5-7-13(12)19-2/h4-10,16H,1-3H3. The highest BCUT2D eigenvalue weighted by molar-refractivity contribution is 7.92. The summed E-state index contributed by atoms with van der Waals surface area (Å²) in [5, 5.41) is 0. The van der Waals surface area contributed by atoms with Gasteiger partial charge in [-0.2, -0.15) is 0 Å². The molecule has 0 heterocycles. The summed E-state index contributed by atoms with van der Waals surface area (Å²) in [6.07, 6.45) is 0. The summed E-state index contributed by atoms with van der Waals surface area (Å²) < 4.78 is 37.9. The Bertz CT molecular complexity index is 741. The molecule has 0 spiro atoms. The van der Waals surface area contributed by atoms with E-state index in [2.05, 4.69) is 4.72 Å². The van der Waals surface area contributed by atoms with Gasteiger partial charge in [-0.3, -0.25) is 4.72 Å². The molecule has 2 rings (SSSR count). The molecule has 0 aliphatic heterocycles. The summed E-state index contributed by atoms with van der Waals surface area (Å²) in [6, 6.07) is 11.8. The minimum atomic E-state index is -3.77.